The van der Waals surface area contributed by atoms with Gasteiger partial charge in [0.25, 0.3) is 0 Å². The maximum Gasteiger partial charge on any atom is 0.415 e. The van der Waals surface area contributed by atoms with E-state index in [0.29, 0.717) is 5.92 Å². The predicted molar refractivity (Wildman–Crippen MR) is 78.5 cm³/mol. The molecule has 2 aliphatic heterocycles. The molecule has 4 rings (SSSR count). The first-order valence-corrected chi connectivity index (χ1v) is 8.45. The van der Waals surface area contributed by atoms with Gasteiger partial charge in [-0.15, -0.1) is 0 Å². The summed E-state index contributed by atoms with van der Waals surface area (Å²) in [4.78, 5) is 14.0. The number of carbonyl (C=O) groups is 1. The first kappa shape index (κ1) is 12.6. The lowest BCUT2D eigenvalue weighted by Crippen LogP contribution is -2.44. The topological polar surface area (TPSA) is 41.6 Å². The number of ether oxygens (including phenoxy) is 1. The summed E-state index contributed by atoms with van der Waals surface area (Å²) in [5.41, 5.74) is 0. The van der Waals surface area contributed by atoms with Crippen molar-refractivity contribution in [2.75, 3.05) is 6.54 Å². The third-order valence-electron chi connectivity index (χ3n) is 5.21. The summed E-state index contributed by atoms with van der Waals surface area (Å²) < 4.78 is 5.77. The first-order valence-electron chi connectivity index (χ1n) is 7.57. The lowest BCUT2D eigenvalue weighted by atomic mass is 9.83. The summed E-state index contributed by atoms with van der Waals surface area (Å²) in [6, 6.07) is 0. The number of nitrogens with zero attached hydrogens (tertiary/aromatic N) is 1. The largest absolute Gasteiger partial charge is 0.445 e. The average molecular weight is 292 g/mol. The second-order valence-corrected chi connectivity index (χ2v) is 7.20. The second-order valence-electron chi connectivity index (χ2n) is 6.27. The highest BCUT2D eigenvalue weighted by molar-refractivity contribution is 8.05. The van der Waals surface area contributed by atoms with Crippen molar-refractivity contribution in [1.29, 1.82) is 0 Å². The fourth-order valence-corrected chi connectivity index (χ4v) is 5.00. The van der Waals surface area contributed by atoms with Crippen molar-refractivity contribution >= 4 is 17.9 Å². The summed E-state index contributed by atoms with van der Waals surface area (Å²) in [6.45, 7) is 0.783. The van der Waals surface area contributed by atoms with Gasteiger partial charge in [0.2, 0.25) is 0 Å². The molecule has 4 unspecified atom stereocenters. The van der Waals surface area contributed by atoms with Gasteiger partial charge in [0, 0.05) is 25.4 Å². The molecule has 4 aliphatic rings. The van der Waals surface area contributed by atoms with Crippen molar-refractivity contribution in [2.45, 2.75) is 38.2 Å². The zero-order valence-electron chi connectivity index (χ0n) is 11.5. The van der Waals surface area contributed by atoms with Crippen molar-refractivity contribution in [3.8, 4) is 0 Å². The summed E-state index contributed by atoms with van der Waals surface area (Å²) in [5, 5.41) is 5.91. The number of nitrogens with one attached hydrogen (secondary N) is 1. The molecule has 5 heteroatoms. The van der Waals surface area contributed by atoms with Gasteiger partial charge < -0.3 is 10.1 Å². The fourth-order valence-electron chi connectivity index (χ4n) is 4.29. The van der Waals surface area contributed by atoms with Crippen molar-refractivity contribution < 1.29 is 9.53 Å². The number of cyclic esters (lactones) is 1. The molecule has 0 aromatic carbocycles. The van der Waals surface area contributed by atoms with Gasteiger partial charge in [0.05, 0.1) is 0 Å². The Morgan fingerprint density at radius 2 is 2.25 bits per heavy atom. The standard InChI is InChI=1S/C15H20N2O2S/c18-15-17(14-9-16-4-6-20-14)5-3-13(19-15)12-8-10-1-2-11(12)7-10/h4,6,9-13,16H,1-3,5,7-8H2. The van der Waals surface area contributed by atoms with Crippen LogP contribution in [0.25, 0.3) is 0 Å². The van der Waals surface area contributed by atoms with Crippen LogP contribution in [0.15, 0.2) is 22.8 Å². The number of carbonyl (C=O) groups excluding carboxylic acids is 1. The third kappa shape index (κ3) is 2.12. The molecule has 2 bridgehead atoms. The smallest absolute Gasteiger partial charge is 0.415 e. The van der Waals surface area contributed by atoms with Crippen LogP contribution in [0.4, 0.5) is 4.79 Å². The Morgan fingerprint density at radius 3 is 2.90 bits per heavy atom. The summed E-state index contributed by atoms with van der Waals surface area (Å²) >= 11 is 1.56. The van der Waals surface area contributed by atoms with Crippen LogP contribution < -0.4 is 5.32 Å². The molecule has 20 heavy (non-hydrogen) atoms. The molecule has 4 atom stereocenters. The highest BCUT2D eigenvalue weighted by Crippen LogP contribution is 2.51. The van der Waals surface area contributed by atoms with Crippen molar-refractivity contribution in [2.24, 2.45) is 17.8 Å². The van der Waals surface area contributed by atoms with Gasteiger partial charge in [-0.2, -0.15) is 0 Å². The maximum absolute atomic E-state index is 12.3. The van der Waals surface area contributed by atoms with Crippen LogP contribution >= 0.6 is 11.8 Å². The molecular weight excluding hydrogens is 272 g/mol. The molecule has 1 amide bonds. The predicted octanol–water partition coefficient (Wildman–Crippen LogP) is 3.24. The fraction of sp³-hybridized carbons (Fsp3) is 0.667. The van der Waals surface area contributed by atoms with Gasteiger partial charge in [-0.3, -0.25) is 4.90 Å². The van der Waals surface area contributed by atoms with Crippen LogP contribution in [0.2, 0.25) is 0 Å². The van der Waals surface area contributed by atoms with E-state index in [1.807, 2.05) is 17.8 Å². The molecule has 2 saturated carbocycles. The zero-order valence-corrected chi connectivity index (χ0v) is 12.3. The summed E-state index contributed by atoms with van der Waals surface area (Å²) in [7, 11) is 0. The number of thioether (sulfide) groups is 1. The van der Waals surface area contributed by atoms with Gasteiger partial charge in [-0.1, -0.05) is 18.2 Å². The molecule has 0 aromatic heterocycles. The molecule has 1 saturated heterocycles. The number of hydrogen-bond acceptors (Lipinski definition) is 4. The van der Waals surface area contributed by atoms with E-state index in [4.69, 9.17) is 4.74 Å². The minimum atomic E-state index is -0.167. The Labute approximate surface area is 123 Å². The Kier molecular flexibility index (Phi) is 3.17. The minimum Gasteiger partial charge on any atom is -0.445 e. The number of hydrogen-bond donors (Lipinski definition) is 1. The Hall–Kier alpha value is -1.10. The molecule has 0 radical (unpaired) electrons. The molecule has 2 heterocycles. The minimum absolute atomic E-state index is 0.159. The first-order chi connectivity index (χ1) is 9.81. The molecule has 1 N–H and O–H groups in total. The van der Waals surface area contributed by atoms with Gasteiger partial charge in [-0.25, -0.2) is 4.79 Å². The Balaban J connectivity index is 1.41. The summed E-state index contributed by atoms with van der Waals surface area (Å²) in [6.07, 6.45) is 10.1. The number of rotatable bonds is 2. The van der Waals surface area contributed by atoms with Crippen LogP contribution in [0.1, 0.15) is 32.1 Å². The van der Waals surface area contributed by atoms with E-state index in [-0.39, 0.29) is 12.2 Å². The van der Waals surface area contributed by atoms with Gasteiger partial charge in [0.15, 0.2) is 0 Å². The van der Waals surface area contributed by atoms with Gasteiger partial charge >= 0.3 is 6.09 Å². The van der Waals surface area contributed by atoms with Crippen LogP contribution in [-0.2, 0) is 4.74 Å². The van der Waals surface area contributed by atoms with Crippen LogP contribution in [0, 0.1) is 17.8 Å². The van der Waals surface area contributed by atoms with Crippen molar-refractivity contribution in [3.05, 3.63) is 22.8 Å². The molecular formula is C15H20N2O2S. The van der Waals surface area contributed by atoms with E-state index < -0.39 is 0 Å². The van der Waals surface area contributed by atoms with Crippen LogP contribution in [0.5, 0.6) is 0 Å². The van der Waals surface area contributed by atoms with E-state index in [0.717, 1.165) is 29.8 Å². The molecule has 4 nitrogen and oxygen atoms in total. The second kappa shape index (κ2) is 5.02. The molecule has 0 spiro atoms. The Bertz CT molecular complexity index is 476. The number of amides is 1. The van der Waals surface area contributed by atoms with Crippen molar-refractivity contribution in [3.63, 3.8) is 0 Å². The Morgan fingerprint density at radius 1 is 1.30 bits per heavy atom. The maximum atomic E-state index is 12.3. The monoisotopic (exact) mass is 292 g/mol. The van der Waals surface area contributed by atoms with E-state index in [1.165, 1.54) is 25.7 Å². The zero-order chi connectivity index (χ0) is 13.5. The SMILES string of the molecule is O=C1OC(C2CC3CCC2C3)CCN1C1=CNC=CS1. The summed E-state index contributed by atoms with van der Waals surface area (Å²) in [5.74, 6) is 2.36. The lowest BCUT2D eigenvalue weighted by Gasteiger charge is -2.37. The lowest BCUT2D eigenvalue weighted by molar-refractivity contribution is -0.00601. The number of fused-ring (bicyclic) bond motifs is 2. The van der Waals surface area contributed by atoms with Crippen LogP contribution in [-0.4, -0.2) is 23.6 Å². The highest BCUT2D eigenvalue weighted by atomic mass is 32.2. The van der Waals surface area contributed by atoms with Gasteiger partial charge in [0.1, 0.15) is 11.1 Å². The quantitative estimate of drug-likeness (QED) is 0.848. The molecule has 0 aromatic rings. The van der Waals surface area contributed by atoms with E-state index in [9.17, 15) is 4.79 Å². The van der Waals surface area contributed by atoms with E-state index >= 15 is 0 Å². The normalized spacial score (nSPS) is 39.5. The van der Waals surface area contributed by atoms with E-state index in [2.05, 4.69) is 5.32 Å². The van der Waals surface area contributed by atoms with Crippen LogP contribution in [0.3, 0.4) is 0 Å². The molecule has 3 fully saturated rings. The third-order valence-corrected chi connectivity index (χ3v) is 6.06. The average Bonchev–Trinajstić information content (AvgIpc) is 3.11. The van der Waals surface area contributed by atoms with Crippen molar-refractivity contribution in [1.82, 2.24) is 10.2 Å². The highest BCUT2D eigenvalue weighted by Gasteiger charge is 2.46. The molecule has 108 valence electrons. The van der Waals surface area contributed by atoms with E-state index in [1.54, 1.807) is 16.7 Å². The van der Waals surface area contributed by atoms with Gasteiger partial charge in [-0.05, 0) is 42.4 Å². The molecule has 2 aliphatic carbocycles.